The van der Waals surface area contributed by atoms with Crippen molar-refractivity contribution in [1.29, 1.82) is 0 Å². The Morgan fingerprint density at radius 1 is 1.34 bits per heavy atom. The second-order valence-electron chi connectivity index (χ2n) is 9.35. The number of likely N-dealkylation sites (tertiary alicyclic amines) is 1. The Bertz CT molecular complexity index is 986. The molecule has 0 aromatic carbocycles. The first-order valence-corrected chi connectivity index (χ1v) is 11.2. The van der Waals surface area contributed by atoms with E-state index in [2.05, 4.69) is 16.0 Å². The highest BCUT2D eigenvalue weighted by molar-refractivity contribution is 6.19. The van der Waals surface area contributed by atoms with E-state index in [0.717, 1.165) is 36.5 Å². The molecule has 32 heavy (non-hydrogen) atoms. The molecule has 4 heterocycles. The molecule has 1 aromatic rings. The number of carbonyl (C=O) groups excluding carboxylic acids is 2. The number of hydrogen-bond donors (Lipinski definition) is 1. The van der Waals surface area contributed by atoms with Crippen LogP contribution >= 0.6 is 0 Å². The number of allylic oxidation sites excluding steroid dienone is 1. The average molecular weight is 440 g/mol. The Labute approximate surface area is 189 Å². The SMILES string of the molecule is CC(C)=CCN1C(N2CCCC(N)C2)=NC2(C)C1C(=O)N(c1ncccc1C)C(=O)N2C. The molecule has 4 rings (SSSR count). The van der Waals surface area contributed by atoms with Gasteiger partial charge in [-0.2, -0.15) is 0 Å². The number of nitrogens with zero attached hydrogens (tertiary/aromatic N) is 6. The third-order valence-corrected chi connectivity index (χ3v) is 6.66. The lowest BCUT2D eigenvalue weighted by atomic mass is 9.96. The van der Waals surface area contributed by atoms with Crippen molar-refractivity contribution in [3.05, 3.63) is 35.5 Å². The number of hydrogen-bond acceptors (Lipinski definition) is 7. The minimum atomic E-state index is -1.01. The second-order valence-corrected chi connectivity index (χ2v) is 9.35. The molecule has 0 bridgehead atoms. The maximum Gasteiger partial charge on any atom is 0.334 e. The lowest BCUT2D eigenvalue weighted by Gasteiger charge is -2.47. The normalized spacial score (nSPS) is 28.1. The van der Waals surface area contributed by atoms with Crippen molar-refractivity contribution in [2.45, 2.75) is 58.3 Å². The number of guanidine groups is 1. The molecule has 172 valence electrons. The number of urea groups is 1. The summed E-state index contributed by atoms with van der Waals surface area (Å²) >= 11 is 0. The Hall–Kier alpha value is -2.94. The molecule has 0 radical (unpaired) electrons. The molecule has 9 nitrogen and oxygen atoms in total. The quantitative estimate of drug-likeness (QED) is 0.723. The summed E-state index contributed by atoms with van der Waals surface area (Å²) in [7, 11) is 1.71. The Morgan fingerprint density at radius 3 is 2.75 bits per heavy atom. The van der Waals surface area contributed by atoms with E-state index in [0.29, 0.717) is 18.9 Å². The fraction of sp³-hybridized carbons (Fsp3) is 0.565. The molecule has 1 aromatic heterocycles. The van der Waals surface area contributed by atoms with E-state index < -0.39 is 17.7 Å². The number of anilines is 1. The molecule has 3 unspecified atom stereocenters. The zero-order valence-electron chi connectivity index (χ0n) is 19.6. The first-order valence-electron chi connectivity index (χ1n) is 11.2. The van der Waals surface area contributed by atoms with Crippen LogP contribution in [-0.4, -0.2) is 82.0 Å². The van der Waals surface area contributed by atoms with Crippen molar-refractivity contribution in [2.24, 2.45) is 10.7 Å². The van der Waals surface area contributed by atoms with E-state index in [1.165, 1.54) is 4.90 Å². The van der Waals surface area contributed by atoms with Gasteiger partial charge in [-0.05, 0) is 52.2 Å². The average Bonchev–Trinajstić information content (AvgIpc) is 3.06. The van der Waals surface area contributed by atoms with E-state index >= 15 is 0 Å². The van der Waals surface area contributed by atoms with E-state index in [9.17, 15) is 9.59 Å². The van der Waals surface area contributed by atoms with E-state index in [1.807, 2.05) is 38.7 Å². The summed E-state index contributed by atoms with van der Waals surface area (Å²) in [6.45, 7) is 9.81. The summed E-state index contributed by atoms with van der Waals surface area (Å²) in [5.41, 5.74) is 7.16. The van der Waals surface area contributed by atoms with Crippen LogP contribution < -0.4 is 10.6 Å². The zero-order chi connectivity index (χ0) is 23.2. The molecular formula is C23H33N7O2. The van der Waals surface area contributed by atoms with Gasteiger partial charge in [0.2, 0.25) is 0 Å². The van der Waals surface area contributed by atoms with Gasteiger partial charge in [0.1, 0.15) is 5.82 Å². The number of fused-ring (bicyclic) bond motifs is 1. The van der Waals surface area contributed by atoms with E-state index in [-0.39, 0.29) is 11.9 Å². The van der Waals surface area contributed by atoms with Gasteiger partial charge in [-0.15, -0.1) is 0 Å². The molecule has 2 fully saturated rings. The smallest absolute Gasteiger partial charge is 0.334 e. The van der Waals surface area contributed by atoms with Crippen LogP contribution in [0.5, 0.6) is 0 Å². The lowest BCUT2D eigenvalue weighted by Crippen LogP contribution is -2.71. The van der Waals surface area contributed by atoms with Gasteiger partial charge in [0.05, 0.1) is 0 Å². The summed E-state index contributed by atoms with van der Waals surface area (Å²) in [4.78, 5) is 43.7. The Kier molecular flexibility index (Phi) is 5.70. The van der Waals surface area contributed by atoms with Gasteiger partial charge in [-0.25, -0.2) is 19.7 Å². The van der Waals surface area contributed by atoms with Crippen molar-refractivity contribution in [3.8, 4) is 0 Å². The molecule has 2 N–H and O–H groups in total. The molecule has 0 spiro atoms. The summed E-state index contributed by atoms with van der Waals surface area (Å²) in [5, 5.41) is 0. The fourth-order valence-corrected chi connectivity index (χ4v) is 4.74. The lowest BCUT2D eigenvalue weighted by molar-refractivity contribution is -0.127. The number of likely N-dealkylation sites (N-methyl/N-ethyl adjacent to an activating group) is 1. The highest BCUT2D eigenvalue weighted by Crippen LogP contribution is 2.39. The fourth-order valence-electron chi connectivity index (χ4n) is 4.74. The monoisotopic (exact) mass is 439 g/mol. The third kappa shape index (κ3) is 3.54. The van der Waals surface area contributed by atoms with Crippen LogP contribution in [-0.2, 0) is 4.79 Å². The van der Waals surface area contributed by atoms with Crippen LogP contribution in [0.2, 0.25) is 0 Å². The van der Waals surface area contributed by atoms with Crippen LogP contribution in [0.4, 0.5) is 10.6 Å². The highest BCUT2D eigenvalue weighted by Gasteiger charge is 2.60. The Morgan fingerprint density at radius 2 is 2.09 bits per heavy atom. The van der Waals surface area contributed by atoms with Crippen LogP contribution in [0, 0.1) is 6.92 Å². The molecule has 0 saturated carbocycles. The highest BCUT2D eigenvalue weighted by atomic mass is 16.2. The van der Waals surface area contributed by atoms with E-state index in [1.54, 1.807) is 24.2 Å². The number of imide groups is 1. The molecule has 9 heteroatoms. The molecule has 3 aliphatic heterocycles. The van der Waals surface area contributed by atoms with Crippen molar-refractivity contribution in [1.82, 2.24) is 19.7 Å². The van der Waals surface area contributed by atoms with Crippen molar-refractivity contribution < 1.29 is 9.59 Å². The molecule has 3 aliphatic rings. The summed E-state index contributed by atoms with van der Waals surface area (Å²) < 4.78 is 0. The van der Waals surface area contributed by atoms with Crippen LogP contribution in [0.3, 0.4) is 0 Å². The number of piperidine rings is 1. The standard InChI is InChI=1S/C23H33N7O2/c1-15(2)10-13-29-18-20(31)30(19-16(3)8-6-11-25-19)22(32)27(5)23(18,4)26-21(29)28-12-7-9-17(24)14-28/h6,8,10-11,17-18H,7,9,12-14,24H2,1-5H3. The van der Waals surface area contributed by atoms with Crippen molar-refractivity contribution in [2.75, 3.05) is 31.6 Å². The Balaban J connectivity index is 1.79. The number of aromatic nitrogens is 1. The molecule has 3 atom stereocenters. The summed E-state index contributed by atoms with van der Waals surface area (Å²) in [6, 6.07) is 2.63. The van der Waals surface area contributed by atoms with Gasteiger partial charge in [0.15, 0.2) is 17.7 Å². The van der Waals surface area contributed by atoms with Gasteiger partial charge < -0.3 is 15.5 Å². The van der Waals surface area contributed by atoms with Gasteiger partial charge in [-0.3, -0.25) is 9.69 Å². The van der Waals surface area contributed by atoms with Gasteiger partial charge in [0, 0.05) is 38.9 Å². The largest absolute Gasteiger partial charge is 0.341 e. The van der Waals surface area contributed by atoms with Crippen LogP contribution in [0.15, 0.2) is 35.0 Å². The maximum absolute atomic E-state index is 13.9. The predicted molar refractivity (Wildman–Crippen MR) is 124 cm³/mol. The van der Waals surface area contributed by atoms with Crippen molar-refractivity contribution in [3.63, 3.8) is 0 Å². The number of aliphatic imine (C=N–C) groups is 1. The topological polar surface area (TPSA) is 98.4 Å². The molecule has 0 aliphatic carbocycles. The number of rotatable bonds is 3. The predicted octanol–water partition coefficient (Wildman–Crippen LogP) is 1.93. The zero-order valence-corrected chi connectivity index (χ0v) is 19.6. The number of pyridine rings is 1. The van der Waals surface area contributed by atoms with Gasteiger partial charge in [-0.1, -0.05) is 17.7 Å². The van der Waals surface area contributed by atoms with Crippen LogP contribution in [0.25, 0.3) is 0 Å². The first-order chi connectivity index (χ1) is 15.1. The van der Waals surface area contributed by atoms with Gasteiger partial charge >= 0.3 is 6.03 Å². The summed E-state index contributed by atoms with van der Waals surface area (Å²) in [6.07, 6.45) is 5.64. The summed E-state index contributed by atoms with van der Waals surface area (Å²) in [5.74, 6) is 0.796. The van der Waals surface area contributed by atoms with Crippen molar-refractivity contribution >= 4 is 23.7 Å². The van der Waals surface area contributed by atoms with E-state index in [4.69, 9.17) is 10.7 Å². The van der Waals surface area contributed by atoms with Crippen LogP contribution in [0.1, 0.15) is 39.2 Å². The minimum Gasteiger partial charge on any atom is -0.341 e. The third-order valence-electron chi connectivity index (χ3n) is 6.66. The first kappa shape index (κ1) is 22.3. The number of carbonyl (C=O) groups is 2. The molecule has 2 saturated heterocycles. The van der Waals surface area contributed by atoms with Gasteiger partial charge in [0.25, 0.3) is 5.91 Å². The number of nitrogens with two attached hydrogens (primary N) is 1. The minimum absolute atomic E-state index is 0.0647. The maximum atomic E-state index is 13.9. The number of amides is 3. The molecule has 3 amide bonds. The second kappa shape index (κ2) is 8.20. The molecular weight excluding hydrogens is 406 g/mol. The number of aryl methyl sites for hydroxylation is 1.